The van der Waals surface area contributed by atoms with Crippen LogP contribution in [0.15, 0.2) is 34.7 Å². The number of hydrogen-bond donors (Lipinski definition) is 2. The molecular weight excluding hydrogens is 351 g/mol. The highest BCUT2D eigenvalue weighted by molar-refractivity contribution is 6.00. The monoisotopic (exact) mass is 374 g/mol. The van der Waals surface area contributed by atoms with Crippen molar-refractivity contribution in [2.24, 2.45) is 5.92 Å². The van der Waals surface area contributed by atoms with Crippen LogP contribution in [0.2, 0.25) is 0 Å². The number of aliphatic hydroxyl groups is 1. The average molecular weight is 374 g/mol. The van der Waals surface area contributed by atoms with Gasteiger partial charge in [-0.2, -0.15) is 0 Å². The molecule has 6 nitrogen and oxygen atoms in total. The van der Waals surface area contributed by atoms with E-state index < -0.39 is 12.0 Å². The molecule has 1 aliphatic rings. The maximum absolute atomic E-state index is 13.0. The summed E-state index contributed by atoms with van der Waals surface area (Å²) in [6, 6.07) is 7.42. The number of anilines is 1. The van der Waals surface area contributed by atoms with Crippen molar-refractivity contribution in [1.82, 2.24) is 5.32 Å². The van der Waals surface area contributed by atoms with E-state index in [-0.39, 0.29) is 30.6 Å². The van der Waals surface area contributed by atoms with E-state index in [4.69, 9.17) is 4.42 Å². The standard InChI is InChI=1S/C20H23FN2O4/c1-12-9-17(13(2)27-12)18(24)7-8-22-20(26)14-10-19(25)23(11-14)16-5-3-15(21)4-6-16/h3-6,9,14,18,24H,7-8,10-11H2,1-2H3,(H,22,26)/t14-,18-/m1/s1. The fourth-order valence-electron chi connectivity index (χ4n) is 3.37. The number of carbonyl (C=O) groups is 2. The van der Waals surface area contributed by atoms with E-state index in [0.717, 1.165) is 11.3 Å². The molecule has 1 saturated heterocycles. The summed E-state index contributed by atoms with van der Waals surface area (Å²) < 4.78 is 18.4. The van der Waals surface area contributed by atoms with Crippen LogP contribution in [-0.2, 0) is 9.59 Å². The number of carbonyl (C=O) groups excluding carboxylic acids is 2. The minimum Gasteiger partial charge on any atom is -0.466 e. The Morgan fingerprint density at radius 1 is 1.37 bits per heavy atom. The van der Waals surface area contributed by atoms with Crippen molar-refractivity contribution in [1.29, 1.82) is 0 Å². The molecule has 3 rings (SSSR count). The number of halogens is 1. The molecule has 1 aromatic heterocycles. The summed E-state index contributed by atoms with van der Waals surface area (Å²) >= 11 is 0. The molecule has 2 amide bonds. The van der Waals surface area contributed by atoms with Gasteiger partial charge >= 0.3 is 0 Å². The number of aliphatic hydroxyl groups excluding tert-OH is 1. The minimum atomic E-state index is -0.719. The zero-order valence-corrected chi connectivity index (χ0v) is 15.4. The maximum Gasteiger partial charge on any atom is 0.227 e. The van der Waals surface area contributed by atoms with Crippen molar-refractivity contribution >= 4 is 17.5 Å². The molecule has 0 unspecified atom stereocenters. The number of amides is 2. The molecule has 144 valence electrons. The zero-order chi connectivity index (χ0) is 19.6. The van der Waals surface area contributed by atoms with Gasteiger partial charge in [0, 0.05) is 30.8 Å². The van der Waals surface area contributed by atoms with Crippen LogP contribution in [0.1, 0.15) is 36.0 Å². The molecule has 2 N–H and O–H groups in total. The number of aryl methyl sites for hydroxylation is 2. The van der Waals surface area contributed by atoms with Crippen LogP contribution in [0.5, 0.6) is 0 Å². The molecule has 0 saturated carbocycles. The molecule has 0 spiro atoms. The first-order valence-electron chi connectivity index (χ1n) is 8.94. The van der Waals surface area contributed by atoms with Crippen molar-refractivity contribution in [3.8, 4) is 0 Å². The van der Waals surface area contributed by atoms with Crippen LogP contribution in [0.25, 0.3) is 0 Å². The van der Waals surface area contributed by atoms with Crippen LogP contribution >= 0.6 is 0 Å². The fourth-order valence-corrected chi connectivity index (χ4v) is 3.37. The van der Waals surface area contributed by atoms with Crippen molar-refractivity contribution in [3.05, 3.63) is 53.2 Å². The van der Waals surface area contributed by atoms with Crippen molar-refractivity contribution in [2.75, 3.05) is 18.0 Å². The number of rotatable bonds is 6. The first-order valence-corrected chi connectivity index (χ1v) is 8.94. The van der Waals surface area contributed by atoms with E-state index in [9.17, 15) is 19.1 Å². The average Bonchev–Trinajstić information content (AvgIpc) is 3.17. The largest absolute Gasteiger partial charge is 0.466 e. The molecule has 2 atom stereocenters. The summed E-state index contributed by atoms with van der Waals surface area (Å²) in [5, 5.41) is 13.0. The van der Waals surface area contributed by atoms with Gasteiger partial charge in [0.25, 0.3) is 0 Å². The third kappa shape index (κ3) is 4.36. The lowest BCUT2D eigenvalue weighted by Gasteiger charge is -2.17. The van der Waals surface area contributed by atoms with Crippen LogP contribution < -0.4 is 10.2 Å². The predicted molar refractivity (Wildman–Crippen MR) is 97.6 cm³/mol. The molecule has 1 aromatic carbocycles. The molecule has 7 heteroatoms. The van der Waals surface area contributed by atoms with Gasteiger partial charge in [0.15, 0.2) is 0 Å². The first-order chi connectivity index (χ1) is 12.8. The lowest BCUT2D eigenvalue weighted by atomic mass is 10.1. The van der Waals surface area contributed by atoms with Crippen LogP contribution in [0, 0.1) is 25.6 Å². The highest BCUT2D eigenvalue weighted by Crippen LogP contribution is 2.26. The van der Waals surface area contributed by atoms with Gasteiger partial charge in [0.1, 0.15) is 17.3 Å². The van der Waals surface area contributed by atoms with Gasteiger partial charge in [0.2, 0.25) is 11.8 Å². The summed E-state index contributed by atoms with van der Waals surface area (Å²) in [7, 11) is 0. The fraction of sp³-hybridized carbons (Fsp3) is 0.400. The Balaban J connectivity index is 1.51. The van der Waals surface area contributed by atoms with Crippen LogP contribution in [0.3, 0.4) is 0 Å². The Labute approximate surface area is 157 Å². The van der Waals surface area contributed by atoms with Crippen LogP contribution in [-0.4, -0.2) is 30.0 Å². The lowest BCUT2D eigenvalue weighted by molar-refractivity contribution is -0.126. The summed E-state index contributed by atoms with van der Waals surface area (Å²) in [4.78, 5) is 26.0. The van der Waals surface area contributed by atoms with Gasteiger partial charge < -0.3 is 19.7 Å². The Morgan fingerprint density at radius 2 is 2.07 bits per heavy atom. The molecule has 2 aromatic rings. The van der Waals surface area contributed by atoms with Gasteiger partial charge in [0.05, 0.1) is 12.0 Å². The van der Waals surface area contributed by atoms with Crippen molar-refractivity contribution in [3.63, 3.8) is 0 Å². The van der Waals surface area contributed by atoms with E-state index in [1.54, 1.807) is 13.0 Å². The van der Waals surface area contributed by atoms with E-state index >= 15 is 0 Å². The Bertz CT molecular complexity index is 831. The van der Waals surface area contributed by atoms with Gasteiger partial charge in [-0.05, 0) is 50.6 Å². The number of benzene rings is 1. The molecule has 0 radical (unpaired) electrons. The molecule has 1 fully saturated rings. The smallest absolute Gasteiger partial charge is 0.227 e. The van der Waals surface area contributed by atoms with E-state index in [1.165, 1.54) is 29.2 Å². The predicted octanol–water partition coefficient (Wildman–Crippen LogP) is 2.63. The maximum atomic E-state index is 13.0. The number of nitrogens with one attached hydrogen (secondary N) is 1. The van der Waals surface area contributed by atoms with Crippen molar-refractivity contribution < 1.29 is 23.5 Å². The normalized spacial score (nSPS) is 18.0. The molecular formula is C20H23FN2O4. The Hall–Kier alpha value is -2.67. The van der Waals surface area contributed by atoms with E-state index in [1.807, 2.05) is 6.92 Å². The first kappa shape index (κ1) is 19.1. The Kier molecular flexibility index (Phi) is 5.60. The summed E-state index contributed by atoms with van der Waals surface area (Å²) in [5.41, 5.74) is 1.30. The van der Waals surface area contributed by atoms with Gasteiger partial charge in [-0.15, -0.1) is 0 Å². The second-order valence-corrected chi connectivity index (χ2v) is 6.85. The number of hydrogen-bond acceptors (Lipinski definition) is 4. The summed E-state index contributed by atoms with van der Waals surface area (Å²) in [6.45, 7) is 4.16. The zero-order valence-electron chi connectivity index (χ0n) is 15.4. The third-order valence-corrected chi connectivity index (χ3v) is 4.79. The highest BCUT2D eigenvalue weighted by atomic mass is 19.1. The van der Waals surface area contributed by atoms with Crippen molar-refractivity contribution in [2.45, 2.75) is 32.8 Å². The van der Waals surface area contributed by atoms with Gasteiger partial charge in [-0.25, -0.2) is 4.39 Å². The van der Waals surface area contributed by atoms with Gasteiger partial charge in [-0.1, -0.05) is 0 Å². The second kappa shape index (κ2) is 7.92. The summed E-state index contributed by atoms with van der Waals surface area (Å²) in [6.07, 6.45) is -0.247. The molecule has 1 aliphatic heterocycles. The van der Waals surface area contributed by atoms with E-state index in [0.29, 0.717) is 24.4 Å². The molecule has 27 heavy (non-hydrogen) atoms. The number of furan rings is 1. The molecule has 0 bridgehead atoms. The van der Waals surface area contributed by atoms with Crippen LogP contribution in [0.4, 0.5) is 10.1 Å². The molecule has 0 aliphatic carbocycles. The summed E-state index contributed by atoms with van der Waals surface area (Å²) in [5.74, 6) is 0.184. The highest BCUT2D eigenvalue weighted by Gasteiger charge is 2.35. The SMILES string of the molecule is Cc1cc([C@H](O)CCNC(=O)[C@@H]2CC(=O)N(c3ccc(F)cc3)C2)c(C)o1. The second-order valence-electron chi connectivity index (χ2n) is 6.85. The van der Waals surface area contributed by atoms with E-state index in [2.05, 4.69) is 5.32 Å². The minimum absolute atomic E-state index is 0.117. The molecule has 2 heterocycles. The topological polar surface area (TPSA) is 82.8 Å². The third-order valence-electron chi connectivity index (χ3n) is 4.79. The Morgan fingerprint density at radius 3 is 2.70 bits per heavy atom. The lowest BCUT2D eigenvalue weighted by Crippen LogP contribution is -2.34. The van der Waals surface area contributed by atoms with Gasteiger partial charge in [-0.3, -0.25) is 9.59 Å². The number of nitrogens with zero attached hydrogens (tertiary/aromatic N) is 1. The quantitative estimate of drug-likeness (QED) is 0.814.